The summed E-state index contributed by atoms with van der Waals surface area (Å²) in [5.41, 5.74) is 0. The van der Waals surface area contributed by atoms with Crippen LogP contribution in [-0.2, 0) is 4.79 Å². The topological polar surface area (TPSA) is 71.7 Å². The highest BCUT2D eigenvalue weighted by molar-refractivity contribution is 5.91. The molecule has 1 aliphatic rings. The van der Waals surface area contributed by atoms with Crippen LogP contribution in [0.15, 0.2) is 41.0 Å². The summed E-state index contributed by atoms with van der Waals surface area (Å²) in [5.74, 6) is 1.86. The Morgan fingerprint density at radius 3 is 2.92 bits per heavy atom. The lowest BCUT2D eigenvalue weighted by molar-refractivity contribution is -0.125. The number of ether oxygens (including phenoxy) is 1. The zero-order valence-corrected chi connectivity index (χ0v) is 13.8. The van der Waals surface area contributed by atoms with Gasteiger partial charge in [-0.3, -0.25) is 4.79 Å². The van der Waals surface area contributed by atoms with E-state index < -0.39 is 0 Å². The fourth-order valence-electron chi connectivity index (χ4n) is 2.45. The molecule has 1 aliphatic heterocycles. The molecule has 2 aromatic heterocycles. The molecule has 0 unspecified atom stereocenters. The van der Waals surface area contributed by atoms with Gasteiger partial charge in [-0.15, -0.1) is 10.2 Å². The number of hydrogen-bond donors (Lipinski definition) is 0. The number of likely N-dealkylation sites (tertiary alicyclic amines) is 1. The number of furan rings is 1. The first-order chi connectivity index (χ1) is 11.6. The minimum absolute atomic E-state index is 0.0495. The van der Waals surface area contributed by atoms with Gasteiger partial charge < -0.3 is 19.0 Å². The van der Waals surface area contributed by atoms with Gasteiger partial charge in [-0.05, 0) is 24.3 Å². The van der Waals surface area contributed by atoms with Gasteiger partial charge in [-0.1, -0.05) is 0 Å². The van der Waals surface area contributed by atoms with Gasteiger partial charge in [0.1, 0.15) is 11.9 Å². The predicted molar refractivity (Wildman–Crippen MR) is 89.7 cm³/mol. The first-order valence-electron chi connectivity index (χ1n) is 7.80. The largest absolute Gasteiger partial charge is 0.471 e. The summed E-state index contributed by atoms with van der Waals surface area (Å²) in [6.45, 7) is 1.20. The lowest BCUT2D eigenvalue weighted by Crippen LogP contribution is -2.29. The summed E-state index contributed by atoms with van der Waals surface area (Å²) < 4.78 is 11.0. The van der Waals surface area contributed by atoms with E-state index >= 15 is 0 Å². The molecule has 0 spiro atoms. The number of carbonyl (C=O) groups excluding carboxylic acids is 1. The molecule has 1 atom stereocenters. The minimum Gasteiger partial charge on any atom is -0.471 e. The highest BCUT2D eigenvalue weighted by Crippen LogP contribution is 2.18. The molecule has 126 valence electrons. The summed E-state index contributed by atoms with van der Waals surface area (Å²) in [7, 11) is 3.81. The molecular weight excluding hydrogens is 308 g/mol. The van der Waals surface area contributed by atoms with Crippen molar-refractivity contribution in [2.45, 2.75) is 12.5 Å². The van der Waals surface area contributed by atoms with E-state index in [4.69, 9.17) is 9.15 Å². The Labute approximate surface area is 140 Å². The Morgan fingerprint density at radius 2 is 2.25 bits per heavy atom. The SMILES string of the molecule is CN(C)c1ccc(O[C@@H]2CCN(C(=O)/C=C/c3ccco3)C2)nn1. The van der Waals surface area contributed by atoms with Crippen LogP contribution in [-0.4, -0.2) is 54.3 Å². The maximum atomic E-state index is 12.2. The minimum atomic E-state index is -0.0644. The Morgan fingerprint density at radius 1 is 1.38 bits per heavy atom. The number of hydrogen-bond acceptors (Lipinski definition) is 6. The monoisotopic (exact) mass is 328 g/mol. The molecule has 3 heterocycles. The first-order valence-corrected chi connectivity index (χ1v) is 7.80. The van der Waals surface area contributed by atoms with Crippen molar-refractivity contribution in [3.63, 3.8) is 0 Å². The van der Waals surface area contributed by atoms with Crippen LogP contribution in [0.4, 0.5) is 5.82 Å². The normalized spacial score (nSPS) is 17.4. The number of anilines is 1. The number of carbonyl (C=O) groups is 1. The average Bonchev–Trinajstić information content (AvgIpc) is 3.25. The van der Waals surface area contributed by atoms with Gasteiger partial charge in [-0.2, -0.15) is 0 Å². The van der Waals surface area contributed by atoms with E-state index in [9.17, 15) is 4.79 Å². The number of aromatic nitrogens is 2. The Hall–Kier alpha value is -2.83. The van der Waals surface area contributed by atoms with Crippen LogP contribution in [0.3, 0.4) is 0 Å². The molecule has 1 amide bonds. The molecule has 0 radical (unpaired) electrons. The van der Waals surface area contributed by atoms with Crippen molar-refractivity contribution in [3.8, 4) is 5.88 Å². The fourth-order valence-corrected chi connectivity index (χ4v) is 2.45. The lowest BCUT2D eigenvalue weighted by atomic mass is 10.3. The van der Waals surface area contributed by atoms with Crippen molar-refractivity contribution >= 4 is 17.8 Å². The molecule has 0 aromatic carbocycles. The Balaban J connectivity index is 1.52. The molecule has 0 N–H and O–H groups in total. The second-order valence-corrected chi connectivity index (χ2v) is 5.79. The van der Waals surface area contributed by atoms with Crippen molar-refractivity contribution in [2.24, 2.45) is 0 Å². The Bertz CT molecular complexity index is 695. The summed E-state index contributed by atoms with van der Waals surface area (Å²) in [5, 5.41) is 8.14. The first kappa shape index (κ1) is 16.0. The van der Waals surface area contributed by atoms with Crippen LogP contribution >= 0.6 is 0 Å². The van der Waals surface area contributed by atoms with Crippen molar-refractivity contribution < 1.29 is 13.9 Å². The van der Waals surface area contributed by atoms with E-state index in [1.807, 2.05) is 25.1 Å². The predicted octanol–water partition coefficient (Wildman–Crippen LogP) is 1.83. The third-order valence-corrected chi connectivity index (χ3v) is 3.76. The summed E-state index contributed by atoms with van der Waals surface area (Å²) in [6.07, 6.45) is 5.48. The van der Waals surface area contributed by atoms with Gasteiger partial charge in [-0.25, -0.2) is 0 Å². The molecule has 1 fully saturated rings. The number of nitrogens with zero attached hydrogens (tertiary/aromatic N) is 4. The molecule has 24 heavy (non-hydrogen) atoms. The maximum Gasteiger partial charge on any atom is 0.246 e. The standard InChI is InChI=1S/C17H20N4O3/c1-20(2)15-6-7-16(19-18-15)24-14-9-10-21(12-14)17(22)8-5-13-4-3-11-23-13/h3-8,11,14H,9-10,12H2,1-2H3/b8-5+/t14-/m1/s1. The zero-order chi connectivity index (χ0) is 16.9. The van der Waals surface area contributed by atoms with Crippen LogP contribution < -0.4 is 9.64 Å². The fraction of sp³-hybridized carbons (Fsp3) is 0.353. The lowest BCUT2D eigenvalue weighted by Gasteiger charge is -2.15. The zero-order valence-electron chi connectivity index (χ0n) is 13.8. The van der Waals surface area contributed by atoms with Crippen LogP contribution in [0.2, 0.25) is 0 Å². The third kappa shape index (κ3) is 3.92. The van der Waals surface area contributed by atoms with Crippen LogP contribution in [0.1, 0.15) is 12.2 Å². The molecule has 3 rings (SSSR count). The van der Waals surface area contributed by atoms with Gasteiger partial charge in [0.05, 0.1) is 12.8 Å². The molecule has 7 nitrogen and oxygen atoms in total. The maximum absolute atomic E-state index is 12.2. The average molecular weight is 328 g/mol. The second kappa shape index (κ2) is 7.16. The summed E-state index contributed by atoms with van der Waals surface area (Å²) >= 11 is 0. The third-order valence-electron chi connectivity index (χ3n) is 3.76. The molecule has 0 aliphatic carbocycles. The summed E-state index contributed by atoms with van der Waals surface area (Å²) in [6, 6.07) is 7.23. The van der Waals surface area contributed by atoms with Gasteiger partial charge in [0.25, 0.3) is 0 Å². The van der Waals surface area contributed by atoms with Gasteiger partial charge in [0.15, 0.2) is 5.82 Å². The quantitative estimate of drug-likeness (QED) is 0.780. The van der Waals surface area contributed by atoms with Crippen LogP contribution in [0.5, 0.6) is 5.88 Å². The van der Waals surface area contributed by atoms with E-state index in [2.05, 4.69) is 10.2 Å². The van der Waals surface area contributed by atoms with Crippen LogP contribution in [0.25, 0.3) is 6.08 Å². The highest BCUT2D eigenvalue weighted by atomic mass is 16.5. The van der Waals surface area contributed by atoms with E-state index in [1.54, 1.807) is 35.4 Å². The number of rotatable bonds is 5. The summed E-state index contributed by atoms with van der Waals surface area (Å²) in [4.78, 5) is 15.8. The number of amides is 1. The van der Waals surface area contributed by atoms with Crippen molar-refractivity contribution in [2.75, 3.05) is 32.1 Å². The van der Waals surface area contributed by atoms with Gasteiger partial charge in [0, 0.05) is 39.2 Å². The van der Waals surface area contributed by atoms with Crippen molar-refractivity contribution in [3.05, 3.63) is 42.4 Å². The highest BCUT2D eigenvalue weighted by Gasteiger charge is 2.26. The van der Waals surface area contributed by atoms with E-state index in [1.165, 1.54) is 6.08 Å². The van der Waals surface area contributed by atoms with E-state index in [0.717, 1.165) is 12.2 Å². The molecular formula is C17H20N4O3. The Kier molecular flexibility index (Phi) is 4.79. The van der Waals surface area contributed by atoms with Gasteiger partial charge in [0.2, 0.25) is 11.8 Å². The van der Waals surface area contributed by atoms with Crippen LogP contribution in [0, 0.1) is 0 Å². The van der Waals surface area contributed by atoms with E-state index in [0.29, 0.717) is 24.7 Å². The molecule has 0 bridgehead atoms. The van der Waals surface area contributed by atoms with Crippen molar-refractivity contribution in [1.29, 1.82) is 0 Å². The molecule has 2 aromatic rings. The van der Waals surface area contributed by atoms with Gasteiger partial charge >= 0.3 is 0 Å². The molecule has 0 saturated carbocycles. The van der Waals surface area contributed by atoms with Crippen molar-refractivity contribution in [1.82, 2.24) is 15.1 Å². The smallest absolute Gasteiger partial charge is 0.246 e. The molecule has 7 heteroatoms. The van der Waals surface area contributed by atoms with E-state index in [-0.39, 0.29) is 12.0 Å². The second-order valence-electron chi connectivity index (χ2n) is 5.79. The molecule has 1 saturated heterocycles.